The molecule has 0 aliphatic carbocycles. The summed E-state index contributed by atoms with van der Waals surface area (Å²) in [5, 5.41) is 13.3. The van der Waals surface area contributed by atoms with Crippen LogP contribution in [0.3, 0.4) is 0 Å². The molecule has 0 aliphatic rings. The molecule has 1 aromatic heterocycles. The van der Waals surface area contributed by atoms with Gasteiger partial charge < -0.3 is 16.2 Å². The highest BCUT2D eigenvalue weighted by Crippen LogP contribution is 2.19. The molecule has 6 heteroatoms. The Labute approximate surface area is 113 Å². The minimum Gasteiger partial charge on any atom is -0.478 e. The number of carbonyl (C=O) groups is 2. The molecule has 1 atom stereocenters. The van der Waals surface area contributed by atoms with E-state index in [0.717, 1.165) is 4.88 Å². The van der Waals surface area contributed by atoms with Crippen LogP contribution in [0.1, 0.15) is 21.3 Å². The van der Waals surface area contributed by atoms with E-state index in [1.165, 1.54) is 23.5 Å². The molecule has 19 heavy (non-hydrogen) atoms. The Morgan fingerprint density at radius 2 is 2.05 bits per heavy atom. The van der Waals surface area contributed by atoms with Crippen LogP contribution in [0, 0.1) is 0 Å². The lowest BCUT2D eigenvalue weighted by molar-refractivity contribution is -0.117. The minimum absolute atomic E-state index is 0.113. The SMILES string of the molecule is NC(C(=O)Nc1cccc(C(=O)O)c1)c1cccs1. The number of nitrogens with one attached hydrogen (secondary N) is 1. The van der Waals surface area contributed by atoms with Crippen molar-refractivity contribution in [2.24, 2.45) is 5.73 Å². The number of carboxylic acid groups (broad SMARTS) is 1. The highest BCUT2D eigenvalue weighted by Gasteiger charge is 2.17. The van der Waals surface area contributed by atoms with Crippen molar-refractivity contribution in [1.82, 2.24) is 0 Å². The lowest BCUT2D eigenvalue weighted by atomic mass is 10.2. The second-order valence-corrected chi connectivity index (χ2v) is 4.85. The molecule has 1 heterocycles. The average molecular weight is 276 g/mol. The maximum atomic E-state index is 11.9. The highest BCUT2D eigenvalue weighted by molar-refractivity contribution is 7.10. The summed E-state index contributed by atoms with van der Waals surface area (Å²) in [6.07, 6.45) is 0. The van der Waals surface area contributed by atoms with E-state index >= 15 is 0 Å². The zero-order chi connectivity index (χ0) is 13.8. The van der Waals surface area contributed by atoms with E-state index in [4.69, 9.17) is 10.8 Å². The van der Waals surface area contributed by atoms with Gasteiger partial charge in [0.2, 0.25) is 5.91 Å². The number of hydrogen-bond donors (Lipinski definition) is 3. The van der Waals surface area contributed by atoms with Crippen LogP contribution in [-0.4, -0.2) is 17.0 Å². The van der Waals surface area contributed by atoms with Gasteiger partial charge in [-0.1, -0.05) is 12.1 Å². The predicted molar refractivity (Wildman–Crippen MR) is 73.3 cm³/mol. The van der Waals surface area contributed by atoms with Crippen molar-refractivity contribution in [2.45, 2.75) is 6.04 Å². The largest absolute Gasteiger partial charge is 0.478 e. The second kappa shape index (κ2) is 5.64. The maximum absolute atomic E-state index is 11.9. The van der Waals surface area contributed by atoms with E-state index in [1.807, 2.05) is 11.4 Å². The van der Waals surface area contributed by atoms with E-state index in [-0.39, 0.29) is 11.5 Å². The molecule has 0 aliphatic heterocycles. The van der Waals surface area contributed by atoms with Crippen LogP contribution in [-0.2, 0) is 4.79 Å². The van der Waals surface area contributed by atoms with Crippen LogP contribution in [0.15, 0.2) is 41.8 Å². The Bertz CT molecular complexity index is 596. The molecule has 98 valence electrons. The van der Waals surface area contributed by atoms with Crippen LogP contribution in [0.25, 0.3) is 0 Å². The quantitative estimate of drug-likeness (QED) is 0.797. The van der Waals surface area contributed by atoms with Gasteiger partial charge in [0.15, 0.2) is 0 Å². The fourth-order valence-corrected chi connectivity index (χ4v) is 2.27. The number of amides is 1. The van der Waals surface area contributed by atoms with Crippen molar-refractivity contribution < 1.29 is 14.7 Å². The summed E-state index contributed by atoms with van der Waals surface area (Å²) in [4.78, 5) is 23.5. The molecular weight excluding hydrogens is 264 g/mol. The number of thiophene rings is 1. The topological polar surface area (TPSA) is 92.4 Å². The molecule has 1 unspecified atom stereocenters. The van der Waals surface area contributed by atoms with Crippen molar-refractivity contribution in [3.8, 4) is 0 Å². The lowest BCUT2D eigenvalue weighted by Gasteiger charge is -2.11. The summed E-state index contributed by atoms with van der Waals surface area (Å²) >= 11 is 1.40. The molecule has 0 bridgehead atoms. The average Bonchev–Trinajstić information content (AvgIpc) is 2.92. The zero-order valence-electron chi connectivity index (χ0n) is 9.87. The molecule has 1 aromatic carbocycles. The number of rotatable bonds is 4. The second-order valence-electron chi connectivity index (χ2n) is 3.87. The Balaban J connectivity index is 2.11. The summed E-state index contributed by atoms with van der Waals surface area (Å²) in [5.41, 5.74) is 6.34. The zero-order valence-corrected chi connectivity index (χ0v) is 10.7. The highest BCUT2D eigenvalue weighted by atomic mass is 32.1. The molecule has 0 radical (unpaired) electrons. The molecule has 1 amide bonds. The molecule has 5 nitrogen and oxygen atoms in total. The first-order valence-corrected chi connectivity index (χ1v) is 6.39. The van der Waals surface area contributed by atoms with Gasteiger partial charge in [0.25, 0.3) is 0 Å². The third-order valence-electron chi connectivity index (χ3n) is 2.51. The maximum Gasteiger partial charge on any atom is 0.335 e. The van der Waals surface area contributed by atoms with Gasteiger partial charge in [-0.2, -0.15) is 0 Å². The Kier molecular flexibility index (Phi) is 3.94. The molecule has 0 saturated carbocycles. The van der Waals surface area contributed by atoms with E-state index in [2.05, 4.69) is 5.32 Å². The fraction of sp³-hybridized carbons (Fsp3) is 0.0769. The molecule has 2 rings (SSSR count). The normalized spacial score (nSPS) is 11.8. The molecule has 4 N–H and O–H groups in total. The van der Waals surface area contributed by atoms with Gasteiger partial charge in [0.05, 0.1) is 5.56 Å². The van der Waals surface area contributed by atoms with Crippen molar-refractivity contribution in [3.05, 3.63) is 52.2 Å². The smallest absolute Gasteiger partial charge is 0.335 e. The van der Waals surface area contributed by atoms with Gasteiger partial charge in [0.1, 0.15) is 6.04 Å². The number of carbonyl (C=O) groups excluding carboxylic acids is 1. The van der Waals surface area contributed by atoms with E-state index in [0.29, 0.717) is 5.69 Å². The van der Waals surface area contributed by atoms with E-state index < -0.39 is 12.0 Å². The van der Waals surface area contributed by atoms with Crippen LogP contribution < -0.4 is 11.1 Å². The van der Waals surface area contributed by atoms with Crippen LogP contribution in [0.4, 0.5) is 5.69 Å². The first-order valence-electron chi connectivity index (χ1n) is 5.51. The van der Waals surface area contributed by atoms with E-state index in [1.54, 1.807) is 18.2 Å². The lowest BCUT2D eigenvalue weighted by Crippen LogP contribution is -2.27. The van der Waals surface area contributed by atoms with Crippen molar-refractivity contribution in [3.63, 3.8) is 0 Å². The summed E-state index contributed by atoms with van der Waals surface area (Å²) in [7, 11) is 0. The van der Waals surface area contributed by atoms with Gasteiger partial charge in [-0.25, -0.2) is 4.79 Å². The van der Waals surface area contributed by atoms with Crippen LogP contribution in [0.5, 0.6) is 0 Å². The first-order chi connectivity index (χ1) is 9.08. The minimum atomic E-state index is -1.04. The van der Waals surface area contributed by atoms with Gasteiger partial charge in [-0.15, -0.1) is 11.3 Å². The van der Waals surface area contributed by atoms with Gasteiger partial charge >= 0.3 is 5.97 Å². The number of benzene rings is 1. The third kappa shape index (κ3) is 3.18. The summed E-state index contributed by atoms with van der Waals surface area (Å²) in [6.45, 7) is 0. The number of carboxylic acids is 1. The predicted octanol–water partition coefficient (Wildman–Crippen LogP) is 2.08. The fourth-order valence-electron chi connectivity index (χ4n) is 1.55. The molecule has 0 saturated heterocycles. The number of nitrogens with two attached hydrogens (primary N) is 1. The molecular formula is C13H12N2O3S. The van der Waals surface area contributed by atoms with E-state index in [9.17, 15) is 9.59 Å². The Hall–Kier alpha value is -2.18. The third-order valence-corrected chi connectivity index (χ3v) is 3.46. The van der Waals surface area contributed by atoms with Crippen molar-refractivity contribution in [2.75, 3.05) is 5.32 Å². The number of aromatic carboxylic acids is 1. The van der Waals surface area contributed by atoms with Crippen molar-refractivity contribution in [1.29, 1.82) is 0 Å². The van der Waals surface area contributed by atoms with Gasteiger partial charge in [-0.3, -0.25) is 4.79 Å². The Morgan fingerprint density at radius 3 is 2.68 bits per heavy atom. The van der Waals surface area contributed by atoms with Gasteiger partial charge in [-0.05, 0) is 29.6 Å². The first kappa shape index (κ1) is 13.3. The monoisotopic (exact) mass is 276 g/mol. The summed E-state index contributed by atoms with van der Waals surface area (Å²) < 4.78 is 0. The van der Waals surface area contributed by atoms with Crippen LogP contribution in [0.2, 0.25) is 0 Å². The summed E-state index contributed by atoms with van der Waals surface area (Å²) in [5.74, 6) is -1.41. The number of anilines is 1. The molecule has 2 aromatic rings. The summed E-state index contributed by atoms with van der Waals surface area (Å²) in [6, 6.07) is 8.87. The molecule has 0 spiro atoms. The standard InChI is InChI=1S/C13H12N2O3S/c14-11(10-5-2-6-19-10)12(16)15-9-4-1-3-8(7-9)13(17)18/h1-7,11H,14H2,(H,15,16)(H,17,18). The molecule has 0 fully saturated rings. The number of hydrogen-bond acceptors (Lipinski definition) is 4. The van der Waals surface area contributed by atoms with Crippen molar-refractivity contribution >= 4 is 28.9 Å². The van der Waals surface area contributed by atoms with Gasteiger partial charge in [0, 0.05) is 10.6 Å². The Morgan fingerprint density at radius 1 is 1.26 bits per heavy atom. The van der Waals surface area contributed by atoms with Crippen LogP contribution >= 0.6 is 11.3 Å².